The highest BCUT2D eigenvalue weighted by molar-refractivity contribution is 9.10. The predicted octanol–water partition coefficient (Wildman–Crippen LogP) is 4.65. The number of nitrogens with one attached hydrogen (secondary N) is 1. The van der Waals surface area contributed by atoms with Crippen molar-refractivity contribution in [2.45, 2.75) is 6.92 Å². The monoisotopic (exact) mass is 396 g/mol. The molecule has 126 valence electrons. The van der Waals surface area contributed by atoms with Gasteiger partial charge in [0.25, 0.3) is 5.91 Å². The van der Waals surface area contributed by atoms with E-state index in [1.165, 1.54) is 0 Å². The Morgan fingerprint density at radius 2 is 1.68 bits per heavy atom. The summed E-state index contributed by atoms with van der Waals surface area (Å²) in [6.45, 7) is 2.76. The van der Waals surface area contributed by atoms with Crippen LogP contribution < -0.4 is 10.2 Å². The second kappa shape index (κ2) is 7.90. The molecule has 5 nitrogen and oxygen atoms in total. The topological polar surface area (TPSA) is 58.1 Å². The molecule has 1 N–H and O–H groups in total. The third-order valence-electron chi connectivity index (χ3n) is 3.65. The van der Waals surface area contributed by atoms with E-state index in [-0.39, 0.29) is 5.91 Å². The minimum absolute atomic E-state index is 0.249. The fraction of sp³-hybridized carbons (Fsp3) is 0.105. The fourth-order valence-corrected chi connectivity index (χ4v) is 2.77. The van der Waals surface area contributed by atoms with Gasteiger partial charge in [-0.15, -0.1) is 0 Å². The number of hydrogen-bond acceptors (Lipinski definition) is 4. The Morgan fingerprint density at radius 1 is 1.04 bits per heavy atom. The van der Waals surface area contributed by atoms with Gasteiger partial charge in [-0.3, -0.25) is 4.79 Å². The molecule has 25 heavy (non-hydrogen) atoms. The van der Waals surface area contributed by atoms with Crippen LogP contribution in [0.2, 0.25) is 0 Å². The maximum Gasteiger partial charge on any atom is 0.258 e. The maximum atomic E-state index is 12.4. The van der Waals surface area contributed by atoms with Crippen LogP contribution >= 0.6 is 15.9 Å². The van der Waals surface area contributed by atoms with Crippen molar-refractivity contribution in [3.63, 3.8) is 0 Å². The van der Waals surface area contributed by atoms with Crippen molar-refractivity contribution in [1.29, 1.82) is 0 Å². The first-order valence-electron chi connectivity index (χ1n) is 7.89. The van der Waals surface area contributed by atoms with Crippen molar-refractivity contribution < 1.29 is 4.79 Å². The molecule has 6 heteroatoms. The summed E-state index contributed by atoms with van der Waals surface area (Å²) >= 11 is 3.41. The largest absolute Gasteiger partial charge is 0.321 e. The van der Waals surface area contributed by atoms with E-state index in [0.29, 0.717) is 17.2 Å². The number of anilines is 3. The first-order valence-corrected chi connectivity index (χ1v) is 8.69. The number of carbonyl (C=O) groups excluding carboxylic acids is 1. The van der Waals surface area contributed by atoms with Crippen LogP contribution in [0.5, 0.6) is 0 Å². The lowest BCUT2D eigenvalue weighted by Gasteiger charge is -2.20. The van der Waals surface area contributed by atoms with Gasteiger partial charge in [0.2, 0.25) is 5.95 Å². The molecule has 0 aliphatic carbocycles. The molecule has 0 unspecified atom stereocenters. The molecular weight excluding hydrogens is 380 g/mol. The average Bonchev–Trinajstić information content (AvgIpc) is 2.66. The molecule has 1 aromatic heterocycles. The van der Waals surface area contributed by atoms with Gasteiger partial charge in [0.1, 0.15) is 0 Å². The Labute approximate surface area is 154 Å². The van der Waals surface area contributed by atoms with E-state index < -0.39 is 0 Å². The summed E-state index contributed by atoms with van der Waals surface area (Å²) in [4.78, 5) is 23.1. The highest BCUT2D eigenvalue weighted by atomic mass is 79.9. The lowest BCUT2D eigenvalue weighted by Crippen LogP contribution is -2.20. The quantitative estimate of drug-likeness (QED) is 0.681. The van der Waals surface area contributed by atoms with Crippen LogP contribution in [0.4, 0.5) is 17.3 Å². The van der Waals surface area contributed by atoms with E-state index >= 15 is 0 Å². The van der Waals surface area contributed by atoms with Crippen molar-refractivity contribution in [2.24, 2.45) is 0 Å². The summed E-state index contributed by atoms with van der Waals surface area (Å²) in [7, 11) is 0. The van der Waals surface area contributed by atoms with Crippen LogP contribution in [-0.2, 0) is 0 Å². The minimum Gasteiger partial charge on any atom is -0.321 e. The summed E-state index contributed by atoms with van der Waals surface area (Å²) in [5.74, 6) is 0.312. The van der Waals surface area contributed by atoms with E-state index in [1.807, 2.05) is 66.4 Å². The Hall–Kier alpha value is -2.73. The first kappa shape index (κ1) is 17.1. The molecule has 0 spiro atoms. The molecule has 0 atom stereocenters. The van der Waals surface area contributed by atoms with E-state index in [4.69, 9.17) is 0 Å². The van der Waals surface area contributed by atoms with Gasteiger partial charge in [0.15, 0.2) is 0 Å². The zero-order valence-electron chi connectivity index (χ0n) is 13.7. The first-order chi connectivity index (χ1) is 12.2. The number of hydrogen-bond donors (Lipinski definition) is 1. The molecule has 1 amide bonds. The standard InChI is InChI=1S/C19H17BrN4O/c1-2-24(15-8-4-3-5-9-15)19-21-12-14(13-22-19)18(25)23-17-11-7-6-10-16(17)20/h3-13H,2H2,1H3,(H,23,25). The molecule has 0 fully saturated rings. The fourth-order valence-electron chi connectivity index (χ4n) is 2.38. The van der Waals surface area contributed by atoms with Gasteiger partial charge in [0.05, 0.1) is 11.3 Å². The number of aromatic nitrogens is 2. The molecular formula is C19H17BrN4O. The molecule has 0 radical (unpaired) electrons. The highest BCUT2D eigenvalue weighted by Gasteiger charge is 2.13. The minimum atomic E-state index is -0.249. The Balaban J connectivity index is 1.77. The van der Waals surface area contributed by atoms with Gasteiger partial charge in [-0.05, 0) is 47.1 Å². The van der Waals surface area contributed by atoms with Crippen LogP contribution in [-0.4, -0.2) is 22.4 Å². The zero-order valence-corrected chi connectivity index (χ0v) is 15.3. The Morgan fingerprint density at radius 3 is 2.32 bits per heavy atom. The van der Waals surface area contributed by atoms with Gasteiger partial charge < -0.3 is 10.2 Å². The van der Waals surface area contributed by atoms with Crippen LogP contribution in [0.15, 0.2) is 71.5 Å². The summed E-state index contributed by atoms with van der Waals surface area (Å²) < 4.78 is 0.821. The molecule has 0 saturated heterocycles. The molecule has 3 aromatic rings. The van der Waals surface area contributed by atoms with Gasteiger partial charge in [0, 0.05) is 29.1 Å². The normalized spacial score (nSPS) is 10.3. The number of benzene rings is 2. The summed E-state index contributed by atoms with van der Waals surface area (Å²) in [5, 5.41) is 2.84. The van der Waals surface area contributed by atoms with Crippen molar-refractivity contribution in [1.82, 2.24) is 9.97 Å². The summed E-state index contributed by atoms with van der Waals surface area (Å²) in [6, 6.07) is 17.3. The molecule has 1 heterocycles. The molecule has 0 aliphatic rings. The lowest BCUT2D eigenvalue weighted by molar-refractivity contribution is 0.102. The average molecular weight is 397 g/mol. The van der Waals surface area contributed by atoms with E-state index in [9.17, 15) is 4.79 Å². The molecule has 3 rings (SSSR count). The van der Waals surface area contributed by atoms with Crippen molar-refractivity contribution in [3.05, 3.63) is 77.0 Å². The SMILES string of the molecule is CCN(c1ccccc1)c1ncc(C(=O)Nc2ccccc2Br)cn1. The second-order valence-corrected chi connectivity index (χ2v) is 6.14. The lowest BCUT2D eigenvalue weighted by atomic mass is 10.2. The highest BCUT2D eigenvalue weighted by Crippen LogP contribution is 2.23. The second-order valence-electron chi connectivity index (χ2n) is 5.29. The number of halogens is 1. The molecule has 0 saturated carbocycles. The van der Waals surface area contributed by atoms with Crippen LogP contribution in [0, 0.1) is 0 Å². The van der Waals surface area contributed by atoms with Gasteiger partial charge in [-0.25, -0.2) is 9.97 Å². The smallest absolute Gasteiger partial charge is 0.258 e. The van der Waals surface area contributed by atoms with E-state index in [0.717, 1.165) is 16.7 Å². The maximum absolute atomic E-state index is 12.4. The van der Waals surface area contributed by atoms with Gasteiger partial charge in [-0.2, -0.15) is 0 Å². The van der Waals surface area contributed by atoms with Crippen LogP contribution in [0.3, 0.4) is 0 Å². The number of nitrogens with zero attached hydrogens (tertiary/aromatic N) is 3. The van der Waals surface area contributed by atoms with Crippen molar-refractivity contribution in [3.8, 4) is 0 Å². The van der Waals surface area contributed by atoms with Gasteiger partial charge in [-0.1, -0.05) is 30.3 Å². The third-order valence-corrected chi connectivity index (χ3v) is 4.34. The summed E-state index contributed by atoms with van der Waals surface area (Å²) in [6.07, 6.45) is 3.08. The number of amides is 1. The Kier molecular flexibility index (Phi) is 5.40. The zero-order chi connectivity index (χ0) is 17.6. The number of para-hydroxylation sites is 2. The Bertz CT molecular complexity index is 853. The molecule has 0 aliphatic heterocycles. The third kappa shape index (κ3) is 4.03. The van der Waals surface area contributed by atoms with E-state index in [2.05, 4.69) is 31.2 Å². The summed E-state index contributed by atoms with van der Waals surface area (Å²) in [5.41, 5.74) is 2.12. The van der Waals surface area contributed by atoms with Crippen LogP contribution in [0.1, 0.15) is 17.3 Å². The van der Waals surface area contributed by atoms with Crippen molar-refractivity contribution >= 4 is 39.2 Å². The van der Waals surface area contributed by atoms with E-state index in [1.54, 1.807) is 12.4 Å². The number of carbonyl (C=O) groups is 1. The van der Waals surface area contributed by atoms with Crippen LogP contribution in [0.25, 0.3) is 0 Å². The molecule has 0 bridgehead atoms. The van der Waals surface area contributed by atoms with Crippen molar-refractivity contribution in [2.75, 3.05) is 16.8 Å². The number of rotatable bonds is 5. The predicted molar refractivity (Wildman–Crippen MR) is 103 cm³/mol. The molecule has 2 aromatic carbocycles. The van der Waals surface area contributed by atoms with Gasteiger partial charge >= 0.3 is 0 Å².